The Balaban J connectivity index is 1.63. The van der Waals surface area contributed by atoms with E-state index >= 15 is 0 Å². The number of nitrogens with zero attached hydrogens (tertiary/aromatic N) is 1. The SMILES string of the molecule is Cc1ccc(C(NC(=O)CN2CSCC2=O)C2CC2)cc1. The Morgan fingerprint density at radius 1 is 1.38 bits per heavy atom. The first kappa shape index (κ1) is 14.4. The molecule has 1 aliphatic heterocycles. The topological polar surface area (TPSA) is 49.4 Å². The van der Waals surface area contributed by atoms with Crippen molar-refractivity contribution in [2.75, 3.05) is 18.2 Å². The molecule has 2 fully saturated rings. The van der Waals surface area contributed by atoms with Crippen LogP contribution in [0.2, 0.25) is 0 Å². The van der Waals surface area contributed by atoms with Gasteiger partial charge in [0.05, 0.1) is 17.7 Å². The molecule has 21 heavy (non-hydrogen) atoms. The maximum absolute atomic E-state index is 12.2. The smallest absolute Gasteiger partial charge is 0.240 e. The quantitative estimate of drug-likeness (QED) is 0.906. The third-order valence-corrected chi connectivity index (χ3v) is 4.95. The van der Waals surface area contributed by atoms with E-state index in [1.165, 1.54) is 11.1 Å². The van der Waals surface area contributed by atoms with Gasteiger partial charge in [-0.2, -0.15) is 0 Å². The van der Waals surface area contributed by atoms with Gasteiger partial charge in [0, 0.05) is 0 Å². The summed E-state index contributed by atoms with van der Waals surface area (Å²) in [6, 6.07) is 8.43. The zero-order valence-electron chi connectivity index (χ0n) is 12.2. The molecule has 1 heterocycles. The van der Waals surface area contributed by atoms with Crippen LogP contribution in [0, 0.1) is 12.8 Å². The minimum atomic E-state index is -0.0525. The van der Waals surface area contributed by atoms with Crippen LogP contribution >= 0.6 is 11.8 Å². The zero-order chi connectivity index (χ0) is 14.8. The standard InChI is InChI=1S/C16H20N2O2S/c1-11-2-4-12(5-3-11)16(13-6-7-13)17-14(19)8-18-10-21-9-15(18)20/h2-5,13,16H,6-10H2,1H3,(H,17,19). The lowest BCUT2D eigenvalue weighted by molar-refractivity contribution is -0.132. The number of hydrogen-bond donors (Lipinski definition) is 1. The fraction of sp³-hybridized carbons (Fsp3) is 0.500. The van der Waals surface area contributed by atoms with Crippen molar-refractivity contribution in [3.05, 3.63) is 35.4 Å². The molecule has 0 spiro atoms. The second-order valence-electron chi connectivity index (χ2n) is 5.86. The molecule has 1 aromatic carbocycles. The van der Waals surface area contributed by atoms with E-state index in [0.29, 0.717) is 17.5 Å². The van der Waals surface area contributed by atoms with Crippen LogP contribution in [0.3, 0.4) is 0 Å². The number of amides is 2. The number of hydrogen-bond acceptors (Lipinski definition) is 3. The molecular formula is C16H20N2O2S. The van der Waals surface area contributed by atoms with Crippen LogP contribution in [0.5, 0.6) is 0 Å². The summed E-state index contributed by atoms with van der Waals surface area (Å²) in [5, 5.41) is 3.12. The van der Waals surface area contributed by atoms with Crippen LogP contribution in [0.15, 0.2) is 24.3 Å². The zero-order valence-corrected chi connectivity index (χ0v) is 13.0. The molecule has 112 valence electrons. The predicted molar refractivity (Wildman–Crippen MR) is 83.8 cm³/mol. The Morgan fingerprint density at radius 2 is 2.10 bits per heavy atom. The molecule has 1 N–H and O–H groups in total. The van der Waals surface area contributed by atoms with Crippen LogP contribution < -0.4 is 5.32 Å². The van der Waals surface area contributed by atoms with Gasteiger partial charge in [-0.1, -0.05) is 29.8 Å². The summed E-state index contributed by atoms with van der Waals surface area (Å²) in [5.74, 6) is 1.68. The molecule has 4 nitrogen and oxygen atoms in total. The van der Waals surface area contributed by atoms with Crippen LogP contribution in [0.25, 0.3) is 0 Å². The largest absolute Gasteiger partial charge is 0.347 e. The number of thioether (sulfide) groups is 1. The van der Waals surface area contributed by atoms with E-state index in [-0.39, 0.29) is 24.4 Å². The summed E-state index contributed by atoms with van der Waals surface area (Å²) in [7, 11) is 0. The first-order chi connectivity index (χ1) is 10.1. The third kappa shape index (κ3) is 3.59. The van der Waals surface area contributed by atoms with Gasteiger partial charge >= 0.3 is 0 Å². The molecular weight excluding hydrogens is 284 g/mol. The fourth-order valence-electron chi connectivity index (χ4n) is 2.61. The van der Waals surface area contributed by atoms with Gasteiger partial charge in [0.15, 0.2) is 0 Å². The highest BCUT2D eigenvalue weighted by atomic mass is 32.2. The molecule has 1 saturated heterocycles. The molecule has 2 amide bonds. The summed E-state index contributed by atoms with van der Waals surface area (Å²) in [6.45, 7) is 2.24. The van der Waals surface area contributed by atoms with E-state index in [2.05, 4.69) is 36.5 Å². The van der Waals surface area contributed by atoms with Crippen LogP contribution in [0.4, 0.5) is 0 Å². The molecule has 1 saturated carbocycles. The average Bonchev–Trinajstić information content (AvgIpc) is 3.23. The number of rotatable bonds is 5. The van der Waals surface area contributed by atoms with Crippen LogP contribution in [-0.2, 0) is 9.59 Å². The number of carbonyl (C=O) groups excluding carboxylic acids is 2. The molecule has 2 aliphatic rings. The maximum atomic E-state index is 12.2. The van der Waals surface area contributed by atoms with Gasteiger partial charge in [0.1, 0.15) is 6.54 Å². The van der Waals surface area contributed by atoms with Crippen molar-refractivity contribution >= 4 is 23.6 Å². The highest BCUT2D eigenvalue weighted by Gasteiger charge is 2.34. The van der Waals surface area contributed by atoms with E-state index in [0.717, 1.165) is 12.8 Å². The summed E-state index contributed by atoms with van der Waals surface area (Å²) in [4.78, 5) is 25.4. The first-order valence-electron chi connectivity index (χ1n) is 7.35. The van der Waals surface area contributed by atoms with Gasteiger partial charge in [-0.3, -0.25) is 9.59 Å². The third-order valence-electron chi connectivity index (χ3n) is 4.01. The van der Waals surface area contributed by atoms with Crippen molar-refractivity contribution in [3.8, 4) is 0 Å². The van der Waals surface area contributed by atoms with Crippen molar-refractivity contribution < 1.29 is 9.59 Å². The van der Waals surface area contributed by atoms with Gasteiger partial charge in [-0.25, -0.2) is 0 Å². The van der Waals surface area contributed by atoms with Crippen molar-refractivity contribution in [2.24, 2.45) is 5.92 Å². The lowest BCUT2D eigenvalue weighted by atomic mass is 10.0. The highest BCUT2D eigenvalue weighted by molar-refractivity contribution is 8.00. The lowest BCUT2D eigenvalue weighted by Gasteiger charge is -2.21. The van der Waals surface area contributed by atoms with Crippen molar-refractivity contribution in [1.82, 2.24) is 10.2 Å². The van der Waals surface area contributed by atoms with Crippen molar-refractivity contribution in [1.29, 1.82) is 0 Å². The summed E-state index contributed by atoms with van der Waals surface area (Å²) >= 11 is 1.56. The van der Waals surface area contributed by atoms with Gasteiger partial charge < -0.3 is 10.2 Å². The van der Waals surface area contributed by atoms with E-state index in [1.807, 2.05) is 0 Å². The Hall–Kier alpha value is -1.49. The second-order valence-corrected chi connectivity index (χ2v) is 6.82. The summed E-state index contributed by atoms with van der Waals surface area (Å²) in [5.41, 5.74) is 2.39. The first-order valence-corrected chi connectivity index (χ1v) is 8.50. The molecule has 3 rings (SSSR count). The monoisotopic (exact) mass is 304 g/mol. The molecule has 0 aromatic heterocycles. The minimum absolute atomic E-state index is 0.0525. The summed E-state index contributed by atoms with van der Waals surface area (Å²) in [6.07, 6.45) is 2.33. The molecule has 1 unspecified atom stereocenters. The molecule has 0 radical (unpaired) electrons. The van der Waals surface area contributed by atoms with E-state index in [9.17, 15) is 9.59 Å². The fourth-order valence-corrected chi connectivity index (χ4v) is 3.51. The highest BCUT2D eigenvalue weighted by Crippen LogP contribution is 2.41. The van der Waals surface area contributed by atoms with Crippen LogP contribution in [-0.4, -0.2) is 34.9 Å². The normalized spacial score (nSPS) is 19.7. The second kappa shape index (κ2) is 6.10. The predicted octanol–water partition coefficient (Wildman–Crippen LogP) is 2.10. The number of carbonyl (C=O) groups is 2. The average molecular weight is 304 g/mol. The van der Waals surface area contributed by atoms with E-state index in [4.69, 9.17) is 0 Å². The Bertz CT molecular complexity index is 540. The van der Waals surface area contributed by atoms with Gasteiger partial charge in [0.25, 0.3) is 0 Å². The van der Waals surface area contributed by atoms with Crippen molar-refractivity contribution in [3.63, 3.8) is 0 Å². The van der Waals surface area contributed by atoms with E-state index in [1.54, 1.807) is 16.7 Å². The Morgan fingerprint density at radius 3 is 2.67 bits per heavy atom. The van der Waals surface area contributed by atoms with Gasteiger partial charge in [0.2, 0.25) is 11.8 Å². The van der Waals surface area contributed by atoms with Gasteiger partial charge in [-0.05, 0) is 31.2 Å². The number of benzene rings is 1. The minimum Gasteiger partial charge on any atom is -0.347 e. The molecule has 1 atom stereocenters. The van der Waals surface area contributed by atoms with Crippen molar-refractivity contribution in [2.45, 2.75) is 25.8 Å². The maximum Gasteiger partial charge on any atom is 0.240 e. The Kier molecular flexibility index (Phi) is 4.19. The van der Waals surface area contributed by atoms with E-state index < -0.39 is 0 Å². The lowest BCUT2D eigenvalue weighted by Crippen LogP contribution is -2.40. The number of aryl methyl sites for hydroxylation is 1. The number of nitrogens with one attached hydrogen (secondary N) is 1. The summed E-state index contributed by atoms with van der Waals surface area (Å²) < 4.78 is 0. The molecule has 1 aromatic rings. The Labute approximate surface area is 129 Å². The molecule has 5 heteroatoms. The van der Waals surface area contributed by atoms with Crippen LogP contribution in [0.1, 0.15) is 30.0 Å². The van der Waals surface area contributed by atoms with Gasteiger partial charge in [-0.15, -0.1) is 11.8 Å². The molecule has 1 aliphatic carbocycles. The molecule has 0 bridgehead atoms.